The summed E-state index contributed by atoms with van der Waals surface area (Å²) in [6.07, 6.45) is -3.58. The molecule has 18 heavy (non-hydrogen) atoms. The van der Waals surface area contributed by atoms with Crippen LogP contribution in [0.5, 0.6) is 0 Å². The number of hydrogen-bond donors (Lipinski definition) is 0. The maximum absolute atomic E-state index is 12.6. The van der Waals surface area contributed by atoms with Gasteiger partial charge in [-0.1, -0.05) is 40.5 Å². The first kappa shape index (κ1) is 15.6. The fraction of sp³-hybridized carbons (Fsp3) is 0.500. The fourth-order valence-corrected chi connectivity index (χ4v) is 2.36. The largest absolute Gasteiger partial charge is 0.405 e. The molecule has 0 spiro atoms. The van der Waals surface area contributed by atoms with Crippen molar-refractivity contribution in [1.82, 2.24) is 0 Å². The normalized spacial score (nSPS) is 11.7. The molecule has 0 radical (unpaired) electrons. The van der Waals surface area contributed by atoms with Crippen LogP contribution in [0.25, 0.3) is 0 Å². The van der Waals surface area contributed by atoms with Gasteiger partial charge in [0.1, 0.15) is 6.54 Å². The van der Waals surface area contributed by atoms with Crippen LogP contribution in [-0.4, -0.2) is 19.3 Å². The Morgan fingerprint density at radius 1 is 1.33 bits per heavy atom. The molecule has 0 aliphatic heterocycles. The van der Waals surface area contributed by atoms with E-state index in [1.807, 2.05) is 6.92 Å². The molecule has 0 unspecified atom stereocenters. The van der Waals surface area contributed by atoms with Crippen molar-refractivity contribution in [2.45, 2.75) is 24.9 Å². The van der Waals surface area contributed by atoms with Crippen LogP contribution in [-0.2, 0) is 5.33 Å². The van der Waals surface area contributed by atoms with Gasteiger partial charge in [-0.15, -0.1) is 0 Å². The van der Waals surface area contributed by atoms with Gasteiger partial charge in [0.2, 0.25) is 0 Å². The molecule has 6 heteroatoms. The second kappa shape index (κ2) is 6.66. The average molecular weight is 345 g/mol. The van der Waals surface area contributed by atoms with Gasteiger partial charge < -0.3 is 4.90 Å². The summed E-state index contributed by atoms with van der Waals surface area (Å²) in [5.74, 6) is 0. The highest BCUT2D eigenvalue weighted by Gasteiger charge is 2.31. The van der Waals surface area contributed by atoms with Crippen molar-refractivity contribution < 1.29 is 13.2 Å². The standard InChI is InChI=1S/C12H14BrClF3N/c1-2-5-18(8-12(15,16)17)11-6-10(14)4-3-9(11)7-13/h3-4,6H,2,5,7-8H2,1H3. The number of rotatable bonds is 5. The monoisotopic (exact) mass is 343 g/mol. The maximum Gasteiger partial charge on any atom is 0.405 e. The smallest absolute Gasteiger partial charge is 0.362 e. The Kier molecular flexibility index (Phi) is 5.79. The molecule has 0 aliphatic carbocycles. The van der Waals surface area contributed by atoms with Crippen LogP contribution < -0.4 is 4.90 Å². The lowest BCUT2D eigenvalue weighted by atomic mass is 10.1. The third kappa shape index (κ3) is 4.69. The fourth-order valence-electron chi connectivity index (χ4n) is 1.72. The summed E-state index contributed by atoms with van der Waals surface area (Å²) in [4.78, 5) is 1.32. The van der Waals surface area contributed by atoms with E-state index in [0.29, 0.717) is 29.0 Å². The maximum atomic E-state index is 12.6. The van der Waals surface area contributed by atoms with E-state index in [1.165, 1.54) is 4.90 Å². The Balaban J connectivity index is 3.07. The molecule has 0 N–H and O–H groups in total. The number of alkyl halides is 4. The topological polar surface area (TPSA) is 3.24 Å². The summed E-state index contributed by atoms with van der Waals surface area (Å²) in [7, 11) is 0. The Morgan fingerprint density at radius 2 is 2.00 bits per heavy atom. The first-order chi connectivity index (χ1) is 8.37. The molecule has 0 aliphatic rings. The summed E-state index contributed by atoms with van der Waals surface area (Å²) < 4.78 is 37.7. The second-order valence-corrected chi connectivity index (χ2v) is 4.94. The lowest BCUT2D eigenvalue weighted by Gasteiger charge is -2.27. The predicted molar refractivity (Wildman–Crippen MR) is 72.6 cm³/mol. The van der Waals surface area contributed by atoms with Crippen molar-refractivity contribution >= 4 is 33.2 Å². The van der Waals surface area contributed by atoms with E-state index in [0.717, 1.165) is 5.56 Å². The van der Waals surface area contributed by atoms with Gasteiger partial charge in [0.15, 0.2) is 0 Å². The average Bonchev–Trinajstić information content (AvgIpc) is 2.26. The van der Waals surface area contributed by atoms with E-state index in [9.17, 15) is 13.2 Å². The van der Waals surface area contributed by atoms with E-state index >= 15 is 0 Å². The highest BCUT2D eigenvalue weighted by Crippen LogP contribution is 2.29. The van der Waals surface area contributed by atoms with Crippen molar-refractivity contribution in [2.75, 3.05) is 18.0 Å². The molecular weight excluding hydrogens is 330 g/mol. The minimum atomic E-state index is -4.22. The SMILES string of the molecule is CCCN(CC(F)(F)F)c1cc(Cl)ccc1CBr. The Hall–Kier alpha value is -0.420. The minimum Gasteiger partial charge on any atom is -0.362 e. The van der Waals surface area contributed by atoms with E-state index < -0.39 is 12.7 Å². The summed E-state index contributed by atoms with van der Waals surface area (Å²) in [6, 6.07) is 5.00. The van der Waals surface area contributed by atoms with Gasteiger partial charge in [0.25, 0.3) is 0 Å². The molecule has 102 valence electrons. The van der Waals surface area contributed by atoms with Crippen LogP contribution in [0.4, 0.5) is 18.9 Å². The zero-order valence-electron chi connectivity index (χ0n) is 9.90. The Labute approximate surface area is 118 Å². The van der Waals surface area contributed by atoms with E-state index in [4.69, 9.17) is 11.6 Å². The number of hydrogen-bond acceptors (Lipinski definition) is 1. The molecule has 0 bridgehead atoms. The van der Waals surface area contributed by atoms with Crippen LogP contribution in [0.3, 0.4) is 0 Å². The van der Waals surface area contributed by atoms with Crippen LogP contribution in [0, 0.1) is 0 Å². The highest BCUT2D eigenvalue weighted by molar-refractivity contribution is 9.08. The van der Waals surface area contributed by atoms with Gasteiger partial charge in [-0.25, -0.2) is 0 Å². The van der Waals surface area contributed by atoms with E-state index in [-0.39, 0.29) is 0 Å². The molecule has 0 aromatic heterocycles. The number of nitrogens with zero attached hydrogens (tertiary/aromatic N) is 1. The lowest BCUT2D eigenvalue weighted by Crippen LogP contribution is -2.35. The molecule has 0 saturated carbocycles. The zero-order valence-corrected chi connectivity index (χ0v) is 12.2. The molecule has 1 nitrogen and oxygen atoms in total. The van der Waals surface area contributed by atoms with Crippen LogP contribution in [0.2, 0.25) is 5.02 Å². The van der Waals surface area contributed by atoms with Gasteiger partial charge >= 0.3 is 6.18 Å². The van der Waals surface area contributed by atoms with Crippen LogP contribution >= 0.6 is 27.5 Å². The molecule has 0 heterocycles. The Bertz CT molecular complexity index is 395. The van der Waals surface area contributed by atoms with E-state index in [1.54, 1.807) is 18.2 Å². The third-order valence-electron chi connectivity index (χ3n) is 2.40. The van der Waals surface area contributed by atoms with Crippen LogP contribution in [0.15, 0.2) is 18.2 Å². The highest BCUT2D eigenvalue weighted by atomic mass is 79.9. The van der Waals surface area contributed by atoms with Gasteiger partial charge in [-0.2, -0.15) is 13.2 Å². The van der Waals surface area contributed by atoms with Gasteiger partial charge in [-0.05, 0) is 24.1 Å². The number of anilines is 1. The van der Waals surface area contributed by atoms with Crippen molar-refractivity contribution in [3.8, 4) is 0 Å². The lowest BCUT2D eigenvalue weighted by molar-refractivity contribution is -0.119. The molecule has 1 aromatic rings. The van der Waals surface area contributed by atoms with Crippen molar-refractivity contribution in [1.29, 1.82) is 0 Å². The van der Waals surface area contributed by atoms with Gasteiger partial charge in [0, 0.05) is 22.6 Å². The van der Waals surface area contributed by atoms with Crippen molar-refractivity contribution in [3.05, 3.63) is 28.8 Å². The number of halogens is 5. The quantitative estimate of drug-likeness (QED) is 0.678. The summed E-state index contributed by atoms with van der Waals surface area (Å²) in [5, 5.41) is 0.940. The molecular formula is C12H14BrClF3N. The van der Waals surface area contributed by atoms with Crippen molar-refractivity contribution in [2.24, 2.45) is 0 Å². The summed E-state index contributed by atoms with van der Waals surface area (Å²) in [6.45, 7) is 1.24. The second-order valence-electron chi connectivity index (χ2n) is 3.94. The Morgan fingerprint density at radius 3 is 2.50 bits per heavy atom. The third-order valence-corrected chi connectivity index (χ3v) is 3.23. The molecule has 0 fully saturated rings. The van der Waals surface area contributed by atoms with Crippen molar-refractivity contribution in [3.63, 3.8) is 0 Å². The molecule has 0 amide bonds. The zero-order chi connectivity index (χ0) is 13.8. The predicted octanol–water partition coefficient (Wildman–Crippen LogP) is 5.01. The summed E-state index contributed by atoms with van der Waals surface area (Å²) in [5.41, 5.74) is 1.34. The van der Waals surface area contributed by atoms with Gasteiger partial charge in [0.05, 0.1) is 0 Å². The summed E-state index contributed by atoms with van der Waals surface area (Å²) >= 11 is 9.15. The van der Waals surface area contributed by atoms with E-state index in [2.05, 4.69) is 15.9 Å². The van der Waals surface area contributed by atoms with Crippen LogP contribution in [0.1, 0.15) is 18.9 Å². The first-order valence-electron chi connectivity index (χ1n) is 5.53. The number of benzene rings is 1. The molecule has 0 saturated heterocycles. The molecule has 1 rings (SSSR count). The van der Waals surface area contributed by atoms with Gasteiger partial charge in [-0.3, -0.25) is 0 Å². The molecule has 0 atom stereocenters. The molecule has 1 aromatic carbocycles. The minimum absolute atomic E-state index is 0.347. The first-order valence-corrected chi connectivity index (χ1v) is 7.03.